The van der Waals surface area contributed by atoms with Gasteiger partial charge in [-0.15, -0.1) is 0 Å². The molecule has 1 aliphatic heterocycles. The van der Waals surface area contributed by atoms with Gasteiger partial charge in [0.2, 0.25) is 5.03 Å². The molecule has 1 unspecified atom stereocenters. The molecule has 0 spiro atoms. The lowest BCUT2D eigenvalue weighted by Crippen LogP contribution is -2.41. The molecule has 1 saturated carbocycles. The van der Waals surface area contributed by atoms with Crippen molar-refractivity contribution in [2.24, 2.45) is 11.8 Å². The molecule has 1 saturated heterocycles. The maximum absolute atomic E-state index is 13.6. The molecular formula is C13H18FN3O2S. The summed E-state index contributed by atoms with van der Waals surface area (Å²) in [5.74, 6) is 0.364. The first kappa shape index (κ1) is 13.9. The van der Waals surface area contributed by atoms with Crippen LogP contribution in [0.4, 0.5) is 4.39 Å². The highest BCUT2D eigenvalue weighted by molar-refractivity contribution is 7.89. The van der Waals surface area contributed by atoms with Gasteiger partial charge in [-0.05, 0) is 56.3 Å². The third-order valence-corrected chi connectivity index (χ3v) is 5.71. The van der Waals surface area contributed by atoms with E-state index in [4.69, 9.17) is 0 Å². The summed E-state index contributed by atoms with van der Waals surface area (Å²) in [6, 6.07) is 2.37. The Kier molecular flexibility index (Phi) is 3.74. The average molecular weight is 299 g/mol. The molecule has 1 aliphatic carbocycles. The predicted octanol–water partition coefficient (Wildman–Crippen LogP) is 0.887. The second kappa shape index (κ2) is 5.38. The first-order valence-corrected chi connectivity index (χ1v) is 8.38. The van der Waals surface area contributed by atoms with Gasteiger partial charge in [-0.25, -0.2) is 22.5 Å². The highest BCUT2D eigenvalue weighted by atomic mass is 32.2. The molecule has 2 heterocycles. The predicted molar refractivity (Wildman–Crippen MR) is 72.0 cm³/mol. The molecule has 110 valence electrons. The van der Waals surface area contributed by atoms with Crippen LogP contribution in [0.2, 0.25) is 0 Å². The summed E-state index contributed by atoms with van der Waals surface area (Å²) in [6.07, 6.45) is 3.91. The number of hydrogen-bond donors (Lipinski definition) is 2. The van der Waals surface area contributed by atoms with Crippen LogP contribution in [0.15, 0.2) is 23.4 Å². The molecular weight excluding hydrogens is 281 g/mol. The van der Waals surface area contributed by atoms with Gasteiger partial charge in [0.05, 0.1) is 0 Å². The largest absolute Gasteiger partial charge is 0.316 e. The maximum atomic E-state index is 13.6. The Morgan fingerprint density at radius 3 is 2.90 bits per heavy atom. The lowest BCUT2D eigenvalue weighted by Gasteiger charge is -2.31. The molecule has 2 N–H and O–H groups in total. The molecule has 1 aromatic heterocycles. The minimum Gasteiger partial charge on any atom is -0.316 e. The highest BCUT2D eigenvalue weighted by Gasteiger charge is 2.35. The van der Waals surface area contributed by atoms with Gasteiger partial charge in [-0.2, -0.15) is 0 Å². The Morgan fingerprint density at radius 1 is 1.30 bits per heavy atom. The van der Waals surface area contributed by atoms with E-state index in [9.17, 15) is 12.8 Å². The van der Waals surface area contributed by atoms with E-state index in [1.807, 2.05) is 0 Å². The molecule has 0 bridgehead atoms. The zero-order valence-corrected chi connectivity index (χ0v) is 11.9. The van der Waals surface area contributed by atoms with Crippen LogP contribution in [-0.2, 0) is 10.0 Å². The number of sulfonamides is 1. The molecule has 3 rings (SSSR count). The number of pyridine rings is 1. The third kappa shape index (κ3) is 2.70. The summed E-state index contributed by atoms with van der Waals surface area (Å²) in [5, 5.41) is 2.83. The topological polar surface area (TPSA) is 71.1 Å². The second-order valence-corrected chi connectivity index (χ2v) is 7.23. The van der Waals surface area contributed by atoms with Crippen molar-refractivity contribution in [2.75, 3.05) is 13.1 Å². The van der Waals surface area contributed by atoms with Crippen molar-refractivity contribution in [1.29, 1.82) is 0 Å². The number of nitrogens with one attached hydrogen (secondary N) is 2. The Balaban J connectivity index is 1.72. The third-order valence-electron chi connectivity index (χ3n) is 4.25. The van der Waals surface area contributed by atoms with Gasteiger partial charge in [-0.3, -0.25) is 0 Å². The number of fused-ring (bicyclic) bond motifs is 1. The van der Waals surface area contributed by atoms with Crippen LogP contribution in [0.25, 0.3) is 0 Å². The zero-order valence-electron chi connectivity index (χ0n) is 11.0. The van der Waals surface area contributed by atoms with E-state index in [1.54, 1.807) is 0 Å². The van der Waals surface area contributed by atoms with E-state index in [2.05, 4.69) is 15.0 Å². The van der Waals surface area contributed by atoms with E-state index in [0.29, 0.717) is 11.8 Å². The van der Waals surface area contributed by atoms with Gasteiger partial charge in [0.25, 0.3) is 10.0 Å². The minimum absolute atomic E-state index is 0.123. The van der Waals surface area contributed by atoms with Crippen LogP contribution in [0, 0.1) is 17.7 Å². The Morgan fingerprint density at radius 2 is 2.10 bits per heavy atom. The van der Waals surface area contributed by atoms with Crippen molar-refractivity contribution in [3.63, 3.8) is 0 Å². The first-order valence-electron chi connectivity index (χ1n) is 6.90. The van der Waals surface area contributed by atoms with Crippen molar-refractivity contribution in [2.45, 2.75) is 30.3 Å². The van der Waals surface area contributed by atoms with E-state index in [-0.39, 0.29) is 6.04 Å². The van der Waals surface area contributed by atoms with Crippen molar-refractivity contribution < 1.29 is 12.8 Å². The van der Waals surface area contributed by atoms with Crippen molar-refractivity contribution in [1.82, 2.24) is 15.0 Å². The molecule has 0 amide bonds. The number of halogens is 1. The van der Waals surface area contributed by atoms with Gasteiger partial charge < -0.3 is 5.32 Å². The van der Waals surface area contributed by atoms with Gasteiger partial charge >= 0.3 is 0 Å². The number of nitrogens with zero attached hydrogens (tertiary/aromatic N) is 1. The molecule has 5 nitrogen and oxygen atoms in total. The standard InChI is InChI=1S/C13H18FN3O2S/c14-12-2-1-5-16-13(12)20(18,19)17-11-4-3-9-7-15-8-10(9)6-11/h1-2,5,9-11,15,17H,3-4,6-8H2/t9-,10+,11?/m0/s1. The summed E-state index contributed by atoms with van der Waals surface area (Å²) in [5.41, 5.74) is 0. The smallest absolute Gasteiger partial charge is 0.261 e. The SMILES string of the molecule is O=S(=O)(NC1CC[C@H]2CNC[C@H]2C1)c1ncccc1F. The van der Waals surface area contributed by atoms with E-state index in [0.717, 1.165) is 38.4 Å². The zero-order chi connectivity index (χ0) is 14.2. The normalized spacial score (nSPS) is 30.1. The van der Waals surface area contributed by atoms with Crippen molar-refractivity contribution >= 4 is 10.0 Å². The van der Waals surface area contributed by atoms with Crippen molar-refractivity contribution in [3.05, 3.63) is 24.1 Å². The summed E-state index contributed by atoms with van der Waals surface area (Å²) >= 11 is 0. The molecule has 0 aromatic carbocycles. The average Bonchev–Trinajstić information content (AvgIpc) is 2.86. The Bertz CT molecular complexity index is 593. The summed E-state index contributed by atoms with van der Waals surface area (Å²) in [4.78, 5) is 3.64. The maximum Gasteiger partial charge on any atom is 0.261 e. The number of aromatic nitrogens is 1. The molecule has 2 aliphatic rings. The van der Waals surface area contributed by atoms with Gasteiger partial charge in [-0.1, -0.05) is 0 Å². The molecule has 3 atom stereocenters. The molecule has 1 aromatic rings. The van der Waals surface area contributed by atoms with Crippen molar-refractivity contribution in [3.8, 4) is 0 Å². The first-order chi connectivity index (χ1) is 9.56. The van der Waals surface area contributed by atoms with Crippen LogP contribution in [0.1, 0.15) is 19.3 Å². The molecule has 0 radical (unpaired) electrons. The lowest BCUT2D eigenvalue weighted by molar-refractivity contribution is 0.260. The molecule has 20 heavy (non-hydrogen) atoms. The Hall–Kier alpha value is -1.05. The second-order valence-electron chi connectivity index (χ2n) is 5.60. The fraction of sp³-hybridized carbons (Fsp3) is 0.615. The van der Waals surface area contributed by atoms with Crippen LogP contribution in [0.5, 0.6) is 0 Å². The van der Waals surface area contributed by atoms with E-state index >= 15 is 0 Å². The number of rotatable bonds is 3. The molecule has 2 fully saturated rings. The number of hydrogen-bond acceptors (Lipinski definition) is 4. The monoisotopic (exact) mass is 299 g/mol. The summed E-state index contributed by atoms with van der Waals surface area (Å²) < 4.78 is 40.5. The van der Waals surface area contributed by atoms with Crippen LogP contribution < -0.4 is 10.0 Å². The van der Waals surface area contributed by atoms with Crippen LogP contribution in [-0.4, -0.2) is 32.5 Å². The summed E-state index contributed by atoms with van der Waals surface area (Å²) in [6.45, 7) is 1.97. The summed E-state index contributed by atoms with van der Waals surface area (Å²) in [7, 11) is -3.88. The van der Waals surface area contributed by atoms with Crippen LogP contribution >= 0.6 is 0 Å². The van der Waals surface area contributed by atoms with E-state index < -0.39 is 20.9 Å². The fourth-order valence-electron chi connectivity index (χ4n) is 3.25. The minimum atomic E-state index is -3.88. The van der Waals surface area contributed by atoms with Gasteiger partial charge in [0, 0.05) is 12.2 Å². The van der Waals surface area contributed by atoms with E-state index in [1.165, 1.54) is 12.3 Å². The fourth-order valence-corrected chi connectivity index (χ4v) is 4.54. The molecule has 7 heteroatoms. The van der Waals surface area contributed by atoms with Gasteiger partial charge in [0.15, 0.2) is 5.82 Å². The highest BCUT2D eigenvalue weighted by Crippen LogP contribution is 2.33. The van der Waals surface area contributed by atoms with Gasteiger partial charge in [0.1, 0.15) is 0 Å². The quantitative estimate of drug-likeness (QED) is 0.869. The lowest BCUT2D eigenvalue weighted by atomic mass is 9.79. The van der Waals surface area contributed by atoms with Crippen LogP contribution in [0.3, 0.4) is 0 Å². The Labute approximate surface area is 118 Å².